The summed E-state index contributed by atoms with van der Waals surface area (Å²) in [6.45, 7) is 0. The molecule has 1 aromatic rings. The molecule has 3 rings (SSSR count). The van der Waals surface area contributed by atoms with Crippen LogP contribution in [0, 0.1) is 5.92 Å². The van der Waals surface area contributed by atoms with Crippen molar-refractivity contribution >= 4 is 5.78 Å². The monoisotopic (exact) mass is 214 g/mol. The Kier molecular flexibility index (Phi) is 2.34. The molecule has 84 valence electrons. The summed E-state index contributed by atoms with van der Waals surface area (Å²) in [7, 11) is 0. The molecule has 2 atom stereocenters. The van der Waals surface area contributed by atoms with E-state index in [0.29, 0.717) is 17.1 Å². The van der Waals surface area contributed by atoms with Gasteiger partial charge in [0.05, 0.1) is 0 Å². The fourth-order valence-electron chi connectivity index (χ4n) is 3.63. The zero-order chi connectivity index (χ0) is 11.0. The lowest BCUT2D eigenvalue weighted by atomic mass is 9.59. The second-order valence-electron chi connectivity index (χ2n) is 5.41. The third kappa shape index (κ3) is 1.50. The molecule has 1 heteroatoms. The second kappa shape index (κ2) is 3.73. The van der Waals surface area contributed by atoms with Crippen molar-refractivity contribution in [2.75, 3.05) is 0 Å². The molecule has 2 saturated carbocycles. The third-order valence-electron chi connectivity index (χ3n) is 4.54. The summed E-state index contributed by atoms with van der Waals surface area (Å²) in [6.07, 6.45) is 6.63. The predicted octanol–water partition coefficient (Wildman–Crippen LogP) is 3.48. The lowest BCUT2D eigenvalue weighted by molar-refractivity contribution is -0.127. The molecule has 2 aliphatic rings. The van der Waals surface area contributed by atoms with Crippen LogP contribution in [0.3, 0.4) is 0 Å². The lowest BCUT2D eigenvalue weighted by Crippen LogP contribution is -2.40. The van der Waals surface area contributed by atoms with Crippen molar-refractivity contribution in [1.82, 2.24) is 0 Å². The van der Waals surface area contributed by atoms with Gasteiger partial charge in [-0.1, -0.05) is 36.8 Å². The van der Waals surface area contributed by atoms with Gasteiger partial charge in [-0.25, -0.2) is 0 Å². The molecule has 0 heterocycles. The molecular formula is C15H18O. The van der Waals surface area contributed by atoms with Gasteiger partial charge in [0.25, 0.3) is 0 Å². The van der Waals surface area contributed by atoms with Crippen LogP contribution in [0.2, 0.25) is 0 Å². The van der Waals surface area contributed by atoms with Gasteiger partial charge < -0.3 is 0 Å². The van der Waals surface area contributed by atoms with Crippen LogP contribution in [0.25, 0.3) is 0 Å². The summed E-state index contributed by atoms with van der Waals surface area (Å²) in [5.41, 5.74) is 1.80. The fraction of sp³-hybridized carbons (Fsp3) is 0.533. The Morgan fingerprint density at radius 3 is 2.75 bits per heavy atom. The quantitative estimate of drug-likeness (QED) is 0.699. The molecular weight excluding hydrogens is 196 g/mol. The maximum atomic E-state index is 11.8. The molecule has 0 aliphatic heterocycles. The highest BCUT2D eigenvalue weighted by molar-refractivity contribution is 5.82. The van der Waals surface area contributed by atoms with E-state index in [1.807, 2.05) is 0 Å². The standard InChI is InChI=1S/C15H18O/c16-14-8-10-15(9-4-5-12(14)11-15)13-6-2-1-3-7-13/h1-3,6-7,12H,4-5,8-11H2/t12-,15-/m0/s1. The fourth-order valence-corrected chi connectivity index (χ4v) is 3.63. The average Bonchev–Trinajstić information content (AvgIpc) is 2.36. The van der Waals surface area contributed by atoms with Gasteiger partial charge >= 0.3 is 0 Å². The van der Waals surface area contributed by atoms with Crippen LogP contribution in [0.15, 0.2) is 30.3 Å². The van der Waals surface area contributed by atoms with Gasteiger partial charge in [-0.15, -0.1) is 0 Å². The van der Waals surface area contributed by atoms with E-state index in [0.717, 1.165) is 25.7 Å². The van der Waals surface area contributed by atoms with Gasteiger partial charge in [-0.3, -0.25) is 4.79 Å². The Bertz CT molecular complexity index is 395. The summed E-state index contributed by atoms with van der Waals surface area (Å²) < 4.78 is 0. The molecule has 0 N–H and O–H groups in total. The summed E-state index contributed by atoms with van der Waals surface area (Å²) in [6, 6.07) is 10.8. The van der Waals surface area contributed by atoms with Crippen molar-refractivity contribution < 1.29 is 4.79 Å². The van der Waals surface area contributed by atoms with Crippen molar-refractivity contribution in [3.05, 3.63) is 35.9 Å². The molecule has 0 spiro atoms. The summed E-state index contributed by atoms with van der Waals surface area (Å²) in [4.78, 5) is 11.8. The first-order valence-electron chi connectivity index (χ1n) is 6.38. The van der Waals surface area contributed by atoms with Crippen LogP contribution < -0.4 is 0 Å². The molecule has 0 aromatic heterocycles. The zero-order valence-corrected chi connectivity index (χ0v) is 9.61. The van der Waals surface area contributed by atoms with Gasteiger partial charge in [0.15, 0.2) is 0 Å². The first-order chi connectivity index (χ1) is 7.80. The smallest absolute Gasteiger partial charge is 0.136 e. The van der Waals surface area contributed by atoms with Gasteiger partial charge in [-0.2, -0.15) is 0 Å². The number of carbonyl (C=O) groups is 1. The topological polar surface area (TPSA) is 17.1 Å². The van der Waals surface area contributed by atoms with E-state index in [9.17, 15) is 4.79 Å². The van der Waals surface area contributed by atoms with E-state index >= 15 is 0 Å². The molecule has 16 heavy (non-hydrogen) atoms. The van der Waals surface area contributed by atoms with Gasteiger partial charge in [-0.05, 0) is 36.7 Å². The molecule has 2 aliphatic carbocycles. The van der Waals surface area contributed by atoms with Crippen LogP contribution in [-0.2, 0) is 10.2 Å². The largest absolute Gasteiger partial charge is 0.299 e. The minimum atomic E-state index is 0.331. The van der Waals surface area contributed by atoms with E-state index in [1.54, 1.807) is 0 Å². The number of carbonyl (C=O) groups excluding carboxylic acids is 1. The second-order valence-corrected chi connectivity index (χ2v) is 5.41. The van der Waals surface area contributed by atoms with Crippen LogP contribution >= 0.6 is 0 Å². The lowest BCUT2D eigenvalue weighted by Gasteiger charge is -2.45. The maximum absolute atomic E-state index is 11.8. The molecule has 0 unspecified atom stereocenters. The third-order valence-corrected chi connectivity index (χ3v) is 4.54. The molecule has 2 fully saturated rings. The number of hydrogen-bond acceptors (Lipinski definition) is 1. The van der Waals surface area contributed by atoms with Crippen molar-refractivity contribution in [2.45, 2.75) is 43.9 Å². The van der Waals surface area contributed by atoms with Crippen molar-refractivity contribution in [3.8, 4) is 0 Å². The highest BCUT2D eigenvalue weighted by atomic mass is 16.1. The Morgan fingerprint density at radius 2 is 1.94 bits per heavy atom. The maximum Gasteiger partial charge on any atom is 0.136 e. The Balaban J connectivity index is 1.96. The summed E-state index contributed by atoms with van der Waals surface area (Å²) >= 11 is 0. The average molecular weight is 214 g/mol. The number of Topliss-reactive ketones (excluding diaryl/α,β-unsaturated/α-hetero) is 1. The van der Waals surface area contributed by atoms with Gasteiger partial charge in [0, 0.05) is 12.3 Å². The Labute approximate surface area is 96.9 Å². The number of fused-ring (bicyclic) bond motifs is 2. The molecule has 2 bridgehead atoms. The van der Waals surface area contributed by atoms with E-state index < -0.39 is 0 Å². The molecule has 0 radical (unpaired) electrons. The normalized spacial score (nSPS) is 33.8. The van der Waals surface area contributed by atoms with E-state index in [2.05, 4.69) is 30.3 Å². The van der Waals surface area contributed by atoms with E-state index in [1.165, 1.54) is 18.4 Å². The van der Waals surface area contributed by atoms with E-state index in [4.69, 9.17) is 0 Å². The molecule has 1 aromatic carbocycles. The summed E-state index contributed by atoms with van der Waals surface area (Å²) in [5.74, 6) is 0.883. The highest BCUT2D eigenvalue weighted by Gasteiger charge is 2.43. The van der Waals surface area contributed by atoms with Gasteiger partial charge in [0.1, 0.15) is 5.78 Å². The first kappa shape index (κ1) is 10.1. The van der Waals surface area contributed by atoms with Crippen LogP contribution in [-0.4, -0.2) is 5.78 Å². The Morgan fingerprint density at radius 1 is 1.12 bits per heavy atom. The minimum absolute atomic E-state index is 0.331. The Hall–Kier alpha value is -1.11. The van der Waals surface area contributed by atoms with Crippen molar-refractivity contribution in [3.63, 3.8) is 0 Å². The number of rotatable bonds is 1. The van der Waals surface area contributed by atoms with Crippen LogP contribution in [0.5, 0.6) is 0 Å². The molecule has 1 nitrogen and oxygen atoms in total. The van der Waals surface area contributed by atoms with Crippen LogP contribution in [0.1, 0.15) is 44.1 Å². The zero-order valence-electron chi connectivity index (χ0n) is 9.61. The predicted molar refractivity (Wildman–Crippen MR) is 64.3 cm³/mol. The van der Waals surface area contributed by atoms with Crippen LogP contribution in [0.4, 0.5) is 0 Å². The number of benzene rings is 1. The van der Waals surface area contributed by atoms with E-state index in [-0.39, 0.29) is 0 Å². The minimum Gasteiger partial charge on any atom is -0.299 e. The number of hydrogen-bond donors (Lipinski definition) is 0. The van der Waals surface area contributed by atoms with Crippen molar-refractivity contribution in [1.29, 1.82) is 0 Å². The number of ketones is 1. The SMILES string of the molecule is O=C1CC[C@@]2(c3ccccc3)CCC[C@H]1C2. The van der Waals surface area contributed by atoms with Crippen molar-refractivity contribution in [2.24, 2.45) is 5.92 Å². The summed E-state index contributed by atoms with van der Waals surface area (Å²) in [5, 5.41) is 0. The van der Waals surface area contributed by atoms with Gasteiger partial charge in [0.2, 0.25) is 0 Å². The molecule has 0 saturated heterocycles. The molecule has 0 amide bonds. The first-order valence-corrected chi connectivity index (χ1v) is 6.38. The highest BCUT2D eigenvalue weighted by Crippen LogP contribution is 2.49.